The molecule has 0 radical (unpaired) electrons. The van der Waals surface area contributed by atoms with E-state index in [0.717, 1.165) is 15.7 Å². The van der Waals surface area contributed by atoms with Gasteiger partial charge < -0.3 is 10.4 Å². The highest BCUT2D eigenvalue weighted by Crippen LogP contribution is 2.20. The van der Waals surface area contributed by atoms with Gasteiger partial charge in [-0.3, -0.25) is 14.8 Å². The Kier molecular flexibility index (Phi) is 4.92. The molecule has 0 aliphatic rings. The third kappa shape index (κ3) is 4.27. The third-order valence-corrected chi connectivity index (χ3v) is 3.45. The summed E-state index contributed by atoms with van der Waals surface area (Å²) in [5.41, 5.74) is 1.91. The molecule has 1 heterocycles. The van der Waals surface area contributed by atoms with E-state index in [0.29, 0.717) is 6.54 Å². The van der Waals surface area contributed by atoms with Crippen molar-refractivity contribution in [3.8, 4) is 0 Å². The van der Waals surface area contributed by atoms with Gasteiger partial charge in [0.25, 0.3) is 0 Å². The summed E-state index contributed by atoms with van der Waals surface area (Å²) < 4.78 is 2.31. The van der Waals surface area contributed by atoms with Crippen molar-refractivity contribution in [2.45, 2.75) is 19.6 Å². The highest BCUT2D eigenvalue weighted by atomic mass is 79.9. The van der Waals surface area contributed by atoms with Crippen LogP contribution >= 0.6 is 15.9 Å². The molecular weight excluding hydrogens is 340 g/mol. The minimum atomic E-state index is -0.706. The molecule has 1 unspecified atom stereocenters. The molecule has 0 saturated heterocycles. The molecule has 2 N–H and O–H groups in total. The van der Waals surface area contributed by atoms with Crippen molar-refractivity contribution >= 4 is 27.3 Å². The molecule has 0 amide bonds. The fraction of sp³-hybridized carbons (Fsp3) is 0.308. The molecule has 2 aromatic rings. The quantitative estimate of drug-likeness (QED) is 0.613. The van der Waals surface area contributed by atoms with Crippen molar-refractivity contribution in [2.75, 3.05) is 11.9 Å². The number of hydrogen-bond donors (Lipinski definition) is 2. The van der Waals surface area contributed by atoms with Crippen molar-refractivity contribution in [1.82, 2.24) is 9.78 Å². The lowest BCUT2D eigenvalue weighted by molar-refractivity contribution is -0.385. The van der Waals surface area contributed by atoms with Gasteiger partial charge >= 0.3 is 5.69 Å². The largest absolute Gasteiger partial charge is 0.389 e. The number of nitrogens with zero attached hydrogens (tertiary/aromatic N) is 3. The lowest BCUT2D eigenvalue weighted by atomic mass is 10.2. The van der Waals surface area contributed by atoms with Gasteiger partial charge in [0, 0.05) is 16.7 Å². The number of hydrogen-bond acceptors (Lipinski definition) is 5. The zero-order valence-electron chi connectivity index (χ0n) is 11.4. The average molecular weight is 355 g/mol. The number of nitro groups is 1. The average Bonchev–Trinajstić information content (AvgIpc) is 2.88. The maximum absolute atomic E-state index is 10.6. The van der Waals surface area contributed by atoms with Gasteiger partial charge in [0.1, 0.15) is 12.4 Å². The first-order valence-electron chi connectivity index (χ1n) is 6.30. The standard InChI is InChI=1S/C13H15BrN4O3/c1-9-2-3-10(14)4-13(9)15-6-12(19)8-17-7-11(5-16-17)18(20)21/h2-5,7,12,15,19H,6,8H2,1H3. The molecule has 0 aliphatic heterocycles. The Bertz CT molecular complexity index is 644. The number of anilines is 1. The number of nitrogens with one attached hydrogen (secondary N) is 1. The minimum Gasteiger partial charge on any atom is -0.389 e. The van der Waals surface area contributed by atoms with Crippen LogP contribution in [-0.4, -0.2) is 32.5 Å². The van der Waals surface area contributed by atoms with Gasteiger partial charge in [0.2, 0.25) is 0 Å². The van der Waals surface area contributed by atoms with Crippen LogP contribution in [0, 0.1) is 17.0 Å². The molecule has 0 spiro atoms. The molecule has 8 heteroatoms. The second kappa shape index (κ2) is 6.68. The first-order valence-corrected chi connectivity index (χ1v) is 7.10. The van der Waals surface area contributed by atoms with Gasteiger partial charge in [-0.25, -0.2) is 0 Å². The van der Waals surface area contributed by atoms with E-state index in [1.54, 1.807) is 0 Å². The van der Waals surface area contributed by atoms with E-state index in [4.69, 9.17) is 0 Å². The molecule has 7 nitrogen and oxygen atoms in total. The molecule has 1 aromatic carbocycles. The number of aryl methyl sites for hydroxylation is 1. The lowest BCUT2D eigenvalue weighted by Crippen LogP contribution is -2.25. The Hall–Kier alpha value is -1.93. The van der Waals surface area contributed by atoms with Gasteiger partial charge in [-0.05, 0) is 24.6 Å². The van der Waals surface area contributed by atoms with Gasteiger partial charge in [0.05, 0.1) is 17.6 Å². The van der Waals surface area contributed by atoms with Crippen LogP contribution in [0.5, 0.6) is 0 Å². The SMILES string of the molecule is Cc1ccc(Br)cc1NCC(O)Cn1cc([N+](=O)[O-])cn1. The van der Waals surface area contributed by atoms with Crippen LogP contribution in [0.15, 0.2) is 35.1 Å². The predicted molar refractivity (Wildman–Crippen MR) is 82.3 cm³/mol. The van der Waals surface area contributed by atoms with Crippen molar-refractivity contribution in [3.05, 3.63) is 50.7 Å². The second-order valence-corrected chi connectivity index (χ2v) is 5.59. The zero-order valence-corrected chi connectivity index (χ0v) is 12.9. The van der Waals surface area contributed by atoms with Crippen LogP contribution in [-0.2, 0) is 6.54 Å². The molecule has 1 aromatic heterocycles. The maximum Gasteiger partial charge on any atom is 0.306 e. The number of halogens is 1. The molecule has 1 atom stereocenters. The lowest BCUT2D eigenvalue weighted by Gasteiger charge is -2.14. The van der Waals surface area contributed by atoms with E-state index in [2.05, 4.69) is 26.3 Å². The van der Waals surface area contributed by atoms with E-state index >= 15 is 0 Å². The van der Waals surface area contributed by atoms with Gasteiger partial charge in [-0.15, -0.1) is 0 Å². The van der Waals surface area contributed by atoms with Crippen molar-refractivity contribution < 1.29 is 10.0 Å². The fourth-order valence-electron chi connectivity index (χ4n) is 1.84. The number of aliphatic hydroxyl groups excluding tert-OH is 1. The van der Waals surface area contributed by atoms with Crippen LogP contribution in [0.1, 0.15) is 5.56 Å². The topological polar surface area (TPSA) is 93.2 Å². The van der Waals surface area contributed by atoms with E-state index in [1.807, 2.05) is 25.1 Å². The van der Waals surface area contributed by atoms with Crippen molar-refractivity contribution in [2.24, 2.45) is 0 Å². The normalized spacial score (nSPS) is 12.1. The fourth-order valence-corrected chi connectivity index (χ4v) is 2.20. The van der Waals surface area contributed by atoms with Crippen LogP contribution in [0.3, 0.4) is 0 Å². The maximum atomic E-state index is 10.6. The summed E-state index contributed by atoms with van der Waals surface area (Å²) in [5, 5.41) is 27.5. The first kappa shape index (κ1) is 15.5. The van der Waals surface area contributed by atoms with E-state index < -0.39 is 11.0 Å². The summed E-state index contributed by atoms with van der Waals surface area (Å²) in [6.07, 6.45) is 1.76. The summed E-state index contributed by atoms with van der Waals surface area (Å²) >= 11 is 3.39. The predicted octanol–water partition coefficient (Wildman–Crippen LogP) is 2.34. The summed E-state index contributed by atoms with van der Waals surface area (Å²) in [7, 11) is 0. The molecule has 0 fully saturated rings. The Morgan fingerprint density at radius 2 is 2.33 bits per heavy atom. The monoisotopic (exact) mass is 354 g/mol. The third-order valence-electron chi connectivity index (χ3n) is 2.96. The Morgan fingerprint density at radius 1 is 1.57 bits per heavy atom. The molecule has 21 heavy (non-hydrogen) atoms. The highest BCUT2D eigenvalue weighted by molar-refractivity contribution is 9.10. The number of rotatable bonds is 6. The van der Waals surface area contributed by atoms with Gasteiger partial charge in [-0.1, -0.05) is 22.0 Å². The second-order valence-electron chi connectivity index (χ2n) is 4.67. The zero-order chi connectivity index (χ0) is 15.4. The Balaban J connectivity index is 1.90. The smallest absolute Gasteiger partial charge is 0.306 e. The minimum absolute atomic E-state index is 0.0852. The Morgan fingerprint density at radius 3 is 3.00 bits per heavy atom. The molecule has 0 aliphatic carbocycles. The number of aliphatic hydroxyl groups is 1. The summed E-state index contributed by atoms with van der Waals surface area (Å²) in [6, 6.07) is 5.84. The number of aromatic nitrogens is 2. The van der Waals surface area contributed by atoms with Crippen LogP contribution in [0.25, 0.3) is 0 Å². The van der Waals surface area contributed by atoms with Gasteiger partial charge in [0.15, 0.2) is 0 Å². The van der Waals surface area contributed by atoms with E-state index in [-0.39, 0.29) is 12.2 Å². The molecule has 0 bridgehead atoms. The molecule has 0 saturated carbocycles. The van der Waals surface area contributed by atoms with Crippen molar-refractivity contribution in [1.29, 1.82) is 0 Å². The summed E-state index contributed by atoms with van der Waals surface area (Å²) in [4.78, 5) is 10.0. The van der Waals surface area contributed by atoms with E-state index in [1.165, 1.54) is 17.1 Å². The molecular formula is C13H15BrN4O3. The van der Waals surface area contributed by atoms with Gasteiger partial charge in [-0.2, -0.15) is 5.10 Å². The first-order chi connectivity index (χ1) is 9.95. The van der Waals surface area contributed by atoms with E-state index in [9.17, 15) is 15.2 Å². The summed E-state index contributed by atoms with van der Waals surface area (Å²) in [6.45, 7) is 2.48. The van der Waals surface area contributed by atoms with Crippen LogP contribution < -0.4 is 5.32 Å². The van der Waals surface area contributed by atoms with Crippen LogP contribution in [0.2, 0.25) is 0 Å². The molecule has 2 rings (SSSR count). The van der Waals surface area contributed by atoms with Crippen molar-refractivity contribution in [3.63, 3.8) is 0 Å². The number of benzene rings is 1. The summed E-state index contributed by atoms with van der Waals surface area (Å²) in [5.74, 6) is 0. The highest BCUT2D eigenvalue weighted by Gasteiger charge is 2.12. The Labute approximate surface area is 129 Å². The van der Waals surface area contributed by atoms with Crippen LogP contribution in [0.4, 0.5) is 11.4 Å². The molecule has 112 valence electrons.